The summed E-state index contributed by atoms with van der Waals surface area (Å²) in [6.45, 7) is 0.784. The number of rotatable bonds is 1. The Kier molecular flexibility index (Phi) is 3.68. The minimum absolute atomic E-state index is 0.170. The van der Waals surface area contributed by atoms with Crippen LogP contribution in [0.1, 0.15) is 30.9 Å². The number of halogens is 1. The van der Waals surface area contributed by atoms with Crippen molar-refractivity contribution in [3.63, 3.8) is 0 Å². The van der Waals surface area contributed by atoms with Crippen molar-refractivity contribution >= 4 is 28.6 Å². The fourth-order valence-corrected chi connectivity index (χ4v) is 2.59. The molecule has 4 heteroatoms. The molecule has 86 valence electrons. The summed E-state index contributed by atoms with van der Waals surface area (Å²) in [5, 5.41) is 0. The first-order valence-electron chi connectivity index (χ1n) is 5.50. The molecule has 1 unspecified atom stereocenters. The summed E-state index contributed by atoms with van der Waals surface area (Å²) in [6, 6.07) is 8.20. The maximum Gasteiger partial charge on any atom is 0.315 e. The van der Waals surface area contributed by atoms with Crippen LogP contribution in [0.5, 0.6) is 0 Å². The van der Waals surface area contributed by atoms with E-state index in [1.54, 1.807) is 4.90 Å². The van der Waals surface area contributed by atoms with Crippen molar-refractivity contribution < 1.29 is 4.79 Å². The number of hydrogen-bond acceptors (Lipinski definition) is 1. The van der Waals surface area contributed by atoms with Gasteiger partial charge in [0.05, 0.1) is 6.04 Å². The predicted octanol–water partition coefficient (Wildman–Crippen LogP) is 2.90. The normalized spacial score (nSPS) is 20.8. The zero-order chi connectivity index (χ0) is 11.5. The number of benzene rings is 1. The van der Waals surface area contributed by atoms with Gasteiger partial charge in [0.25, 0.3) is 0 Å². The van der Waals surface area contributed by atoms with Gasteiger partial charge in [0.2, 0.25) is 0 Å². The first-order chi connectivity index (χ1) is 7.68. The molecule has 2 rings (SSSR count). The lowest BCUT2D eigenvalue weighted by molar-refractivity contribution is 0.160. The van der Waals surface area contributed by atoms with Gasteiger partial charge in [-0.05, 0) is 59.5 Å². The quantitative estimate of drug-likeness (QED) is 0.791. The number of hydrogen-bond donors (Lipinski definition) is 1. The molecule has 2 N–H and O–H groups in total. The summed E-state index contributed by atoms with van der Waals surface area (Å²) in [6.07, 6.45) is 3.24. The minimum Gasteiger partial charge on any atom is -0.351 e. The molecule has 0 aliphatic carbocycles. The SMILES string of the molecule is NC(=O)N1CCCCC1c1ccc(I)cc1. The maximum absolute atomic E-state index is 11.4. The number of piperidine rings is 1. The number of nitrogens with two attached hydrogens (primary N) is 1. The van der Waals surface area contributed by atoms with E-state index in [9.17, 15) is 4.79 Å². The van der Waals surface area contributed by atoms with Gasteiger partial charge in [0.15, 0.2) is 0 Å². The van der Waals surface area contributed by atoms with Crippen LogP contribution in [0.2, 0.25) is 0 Å². The molecule has 2 amide bonds. The highest BCUT2D eigenvalue weighted by atomic mass is 127. The molecule has 0 spiro atoms. The Morgan fingerprint density at radius 2 is 2.00 bits per heavy atom. The third-order valence-corrected chi connectivity index (χ3v) is 3.76. The highest BCUT2D eigenvalue weighted by molar-refractivity contribution is 14.1. The van der Waals surface area contributed by atoms with Crippen LogP contribution >= 0.6 is 22.6 Å². The van der Waals surface area contributed by atoms with Gasteiger partial charge in [-0.3, -0.25) is 0 Å². The molecule has 3 nitrogen and oxygen atoms in total. The molecule has 1 atom stereocenters. The van der Waals surface area contributed by atoms with Crippen LogP contribution < -0.4 is 5.73 Å². The molecule has 1 heterocycles. The van der Waals surface area contributed by atoms with Crippen LogP contribution in [0.25, 0.3) is 0 Å². The lowest BCUT2D eigenvalue weighted by atomic mass is 9.96. The van der Waals surface area contributed by atoms with Crippen LogP contribution in [0.4, 0.5) is 4.79 Å². The van der Waals surface area contributed by atoms with Crippen LogP contribution in [0, 0.1) is 3.57 Å². The molecule has 1 fully saturated rings. The Bertz CT molecular complexity index is 377. The average molecular weight is 330 g/mol. The van der Waals surface area contributed by atoms with Gasteiger partial charge in [-0.25, -0.2) is 4.79 Å². The summed E-state index contributed by atoms with van der Waals surface area (Å²) >= 11 is 2.28. The van der Waals surface area contributed by atoms with E-state index in [-0.39, 0.29) is 12.1 Å². The maximum atomic E-state index is 11.4. The highest BCUT2D eigenvalue weighted by Crippen LogP contribution is 2.30. The number of likely N-dealkylation sites (tertiary alicyclic amines) is 1. The Morgan fingerprint density at radius 1 is 1.31 bits per heavy atom. The van der Waals surface area contributed by atoms with Crippen LogP contribution in [0.3, 0.4) is 0 Å². The fraction of sp³-hybridized carbons (Fsp3) is 0.417. The first-order valence-corrected chi connectivity index (χ1v) is 6.58. The van der Waals surface area contributed by atoms with Crippen molar-refractivity contribution in [3.8, 4) is 0 Å². The molecule has 1 aromatic carbocycles. The lowest BCUT2D eigenvalue weighted by Gasteiger charge is -2.34. The first kappa shape index (κ1) is 11.7. The summed E-state index contributed by atoms with van der Waals surface area (Å²) < 4.78 is 1.21. The van der Waals surface area contributed by atoms with Crippen LogP contribution in [-0.4, -0.2) is 17.5 Å². The standard InChI is InChI=1S/C12H15IN2O/c13-10-6-4-9(5-7-10)11-3-1-2-8-15(11)12(14)16/h4-7,11H,1-3,8H2,(H2,14,16). The Balaban J connectivity index is 2.23. The van der Waals surface area contributed by atoms with E-state index in [0.717, 1.165) is 19.4 Å². The van der Waals surface area contributed by atoms with Crippen molar-refractivity contribution in [2.45, 2.75) is 25.3 Å². The second-order valence-electron chi connectivity index (χ2n) is 4.09. The summed E-state index contributed by atoms with van der Waals surface area (Å²) in [5.74, 6) is 0. The van der Waals surface area contributed by atoms with Gasteiger partial charge >= 0.3 is 6.03 Å². The number of primary amides is 1. The molecule has 1 saturated heterocycles. The van der Waals surface area contributed by atoms with Crippen molar-refractivity contribution in [2.75, 3.05) is 6.54 Å². The van der Waals surface area contributed by atoms with Crippen molar-refractivity contribution in [3.05, 3.63) is 33.4 Å². The van der Waals surface area contributed by atoms with Crippen LogP contribution in [0.15, 0.2) is 24.3 Å². The zero-order valence-corrected chi connectivity index (χ0v) is 11.2. The van der Waals surface area contributed by atoms with Gasteiger partial charge < -0.3 is 10.6 Å². The Morgan fingerprint density at radius 3 is 2.62 bits per heavy atom. The minimum atomic E-state index is -0.303. The summed E-state index contributed by atoms with van der Waals surface area (Å²) in [4.78, 5) is 13.1. The number of amides is 2. The van der Waals surface area contributed by atoms with Crippen molar-refractivity contribution in [1.82, 2.24) is 4.90 Å². The van der Waals surface area contributed by atoms with E-state index < -0.39 is 0 Å². The van der Waals surface area contributed by atoms with Gasteiger partial charge in [-0.15, -0.1) is 0 Å². The third kappa shape index (κ3) is 2.48. The molecule has 1 aliphatic rings. The third-order valence-electron chi connectivity index (χ3n) is 3.04. The van der Waals surface area contributed by atoms with Crippen molar-refractivity contribution in [2.24, 2.45) is 5.73 Å². The molecule has 0 radical (unpaired) electrons. The smallest absolute Gasteiger partial charge is 0.315 e. The topological polar surface area (TPSA) is 46.3 Å². The fourth-order valence-electron chi connectivity index (χ4n) is 2.23. The average Bonchev–Trinajstić information content (AvgIpc) is 2.30. The lowest BCUT2D eigenvalue weighted by Crippen LogP contribution is -2.41. The number of carbonyl (C=O) groups excluding carboxylic acids is 1. The highest BCUT2D eigenvalue weighted by Gasteiger charge is 2.26. The van der Waals surface area contributed by atoms with E-state index in [2.05, 4.69) is 46.9 Å². The van der Waals surface area contributed by atoms with E-state index in [0.29, 0.717) is 0 Å². The second-order valence-corrected chi connectivity index (χ2v) is 5.34. The van der Waals surface area contributed by atoms with E-state index >= 15 is 0 Å². The van der Waals surface area contributed by atoms with Gasteiger partial charge in [0.1, 0.15) is 0 Å². The van der Waals surface area contributed by atoms with E-state index in [1.165, 1.54) is 15.6 Å². The molecule has 0 saturated carbocycles. The van der Waals surface area contributed by atoms with Gasteiger partial charge in [-0.1, -0.05) is 12.1 Å². The largest absolute Gasteiger partial charge is 0.351 e. The summed E-state index contributed by atoms with van der Waals surface area (Å²) in [7, 11) is 0. The monoisotopic (exact) mass is 330 g/mol. The zero-order valence-electron chi connectivity index (χ0n) is 9.03. The number of carbonyl (C=O) groups is 1. The van der Waals surface area contributed by atoms with Crippen molar-refractivity contribution in [1.29, 1.82) is 0 Å². The molecule has 1 aliphatic heterocycles. The molecule has 16 heavy (non-hydrogen) atoms. The number of nitrogens with zero attached hydrogens (tertiary/aromatic N) is 1. The van der Waals surface area contributed by atoms with E-state index in [1.807, 2.05) is 0 Å². The van der Waals surface area contributed by atoms with Gasteiger partial charge in [-0.2, -0.15) is 0 Å². The molecular weight excluding hydrogens is 315 g/mol. The molecular formula is C12H15IN2O. The predicted molar refractivity (Wildman–Crippen MR) is 72.0 cm³/mol. The van der Waals surface area contributed by atoms with E-state index in [4.69, 9.17) is 5.73 Å². The molecule has 0 bridgehead atoms. The Hall–Kier alpha value is -0.780. The Labute approximate surface area is 109 Å². The molecule has 0 aromatic heterocycles. The molecule has 1 aromatic rings. The summed E-state index contributed by atoms with van der Waals surface area (Å²) in [5.41, 5.74) is 6.60. The number of urea groups is 1. The second kappa shape index (κ2) is 5.03. The van der Waals surface area contributed by atoms with Gasteiger partial charge in [0, 0.05) is 10.1 Å². The van der Waals surface area contributed by atoms with Crippen LogP contribution in [-0.2, 0) is 0 Å².